The van der Waals surface area contributed by atoms with Crippen molar-refractivity contribution in [1.29, 1.82) is 0 Å². The number of amides is 2. The van der Waals surface area contributed by atoms with E-state index in [4.69, 9.17) is 4.74 Å². The van der Waals surface area contributed by atoms with Gasteiger partial charge in [0.2, 0.25) is 5.91 Å². The van der Waals surface area contributed by atoms with Crippen LogP contribution in [0.15, 0.2) is 77.7 Å². The largest absolute Gasteiger partial charge is 0.449 e. The molecule has 0 aliphatic carbocycles. The summed E-state index contributed by atoms with van der Waals surface area (Å²) < 4.78 is 33.5. The Morgan fingerprint density at radius 3 is 2.08 bits per heavy atom. The minimum absolute atomic E-state index is 0.00704. The summed E-state index contributed by atoms with van der Waals surface area (Å²) in [4.78, 5) is 36.5. The van der Waals surface area contributed by atoms with Crippen molar-refractivity contribution < 1.29 is 27.5 Å². The van der Waals surface area contributed by atoms with E-state index in [-0.39, 0.29) is 22.9 Å². The normalized spacial score (nSPS) is 11.8. The summed E-state index contributed by atoms with van der Waals surface area (Å²) in [5, 5.41) is 5.26. The topological polar surface area (TPSA) is 122 Å². The van der Waals surface area contributed by atoms with Crippen molar-refractivity contribution in [1.82, 2.24) is 0 Å². The Morgan fingerprint density at radius 1 is 0.919 bits per heavy atom. The monoisotopic (exact) mass is 523 g/mol. The lowest BCUT2D eigenvalue weighted by molar-refractivity contribution is -0.123. The molecule has 2 N–H and O–H groups in total. The molecule has 0 spiro atoms. The first-order valence-corrected chi connectivity index (χ1v) is 13.0. The van der Waals surface area contributed by atoms with Crippen LogP contribution in [0.25, 0.3) is 0 Å². The number of hydrogen-bond acceptors (Lipinski definition) is 6. The molecular weight excluding hydrogens is 494 g/mol. The van der Waals surface area contributed by atoms with Crippen LogP contribution in [0.1, 0.15) is 36.7 Å². The SMILES string of the molecule is CCN(c1ccccc1)S(=O)(=O)c1cc(C(=O)OC(C)C(=O)Nc2ccc(NC(C)=O)cc2)ccc1C. The number of sulfonamides is 1. The average Bonchev–Trinajstić information content (AvgIpc) is 2.86. The third-order valence-electron chi connectivity index (χ3n) is 5.45. The van der Waals surface area contributed by atoms with Gasteiger partial charge in [-0.2, -0.15) is 0 Å². The fraction of sp³-hybridized carbons (Fsp3) is 0.222. The number of benzene rings is 3. The van der Waals surface area contributed by atoms with Crippen molar-refractivity contribution in [3.63, 3.8) is 0 Å². The van der Waals surface area contributed by atoms with Crippen molar-refractivity contribution in [2.24, 2.45) is 0 Å². The second-order valence-electron chi connectivity index (χ2n) is 8.28. The Kier molecular flexibility index (Phi) is 8.67. The van der Waals surface area contributed by atoms with Gasteiger partial charge in [0, 0.05) is 24.8 Å². The van der Waals surface area contributed by atoms with Crippen LogP contribution < -0.4 is 14.9 Å². The van der Waals surface area contributed by atoms with E-state index in [9.17, 15) is 22.8 Å². The number of ether oxygens (including phenoxy) is 1. The van der Waals surface area contributed by atoms with Crippen LogP contribution in [0.3, 0.4) is 0 Å². The zero-order valence-corrected chi connectivity index (χ0v) is 21.8. The van der Waals surface area contributed by atoms with E-state index < -0.39 is 28.0 Å². The molecule has 0 aliphatic heterocycles. The summed E-state index contributed by atoms with van der Waals surface area (Å²) in [5.74, 6) is -1.61. The third kappa shape index (κ3) is 6.73. The number of anilines is 3. The zero-order valence-electron chi connectivity index (χ0n) is 21.0. The quantitative estimate of drug-likeness (QED) is 0.402. The van der Waals surface area contributed by atoms with Crippen LogP contribution in [0, 0.1) is 6.92 Å². The second-order valence-corrected chi connectivity index (χ2v) is 10.1. The zero-order chi connectivity index (χ0) is 27.2. The minimum Gasteiger partial charge on any atom is -0.449 e. The number of carbonyl (C=O) groups excluding carboxylic acids is 3. The molecule has 0 saturated heterocycles. The van der Waals surface area contributed by atoms with Crippen LogP contribution in [0.5, 0.6) is 0 Å². The Bertz CT molecular complexity index is 1390. The summed E-state index contributed by atoms with van der Waals surface area (Å²) in [7, 11) is -3.97. The summed E-state index contributed by atoms with van der Waals surface area (Å²) in [6, 6.07) is 19.4. The molecule has 9 nitrogen and oxygen atoms in total. The van der Waals surface area contributed by atoms with Gasteiger partial charge in [-0.1, -0.05) is 24.3 Å². The van der Waals surface area contributed by atoms with E-state index in [2.05, 4.69) is 10.6 Å². The van der Waals surface area contributed by atoms with Crippen molar-refractivity contribution in [3.05, 3.63) is 83.9 Å². The van der Waals surface area contributed by atoms with E-state index in [1.165, 1.54) is 36.4 Å². The molecule has 1 atom stereocenters. The maximum absolute atomic E-state index is 13.5. The first-order chi connectivity index (χ1) is 17.5. The molecule has 1 unspecified atom stereocenters. The number of nitrogens with one attached hydrogen (secondary N) is 2. The third-order valence-corrected chi connectivity index (χ3v) is 7.49. The average molecular weight is 524 g/mol. The van der Waals surface area contributed by atoms with Crippen LogP contribution in [-0.2, 0) is 24.3 Å². The molecule has 2 amide bonds. The van der Waals surface area contributed by atoms with Gasteiger partial charge in [-0.3, -0.25) is 13.9 Å². The minimum atomic E-state index is -3.97. The molecular formula is C27H29N3O6S. The first-order valence-electron chi connectivity index (χ1n) is 11.6. The fourth-order valence-corrected chi connectivity index (χ4v) is 5.30. The number of hydrogen-bond donors (Lipinski definition) is 2. The van der Waals surface area contributed by atoms with Crippen LogP contribution in [0.2, 0.25) is 0 Å². The lowest BCUT2D eigenvalue weighted by Gasteiger charge is -2.24. The van der Waals surface area contributed by atoms with Gasteiger partial charge in [0.25, 0.3) is 15.9 Å². The Morgan fingerprint density at radius 2 is 1.51 bits per heavy atom. The van der Waals surface area contributed by atoms with Gasteiger partial charge in [-0.25, -0.2) is 13.2 Å². The molecule has 37 heavy (non-hydrogen) atoms. The number of aryl methyl sites for hydroxylation is 1. The van der Waals surface area contributed by atoms with Crippen LogP contribution >= 0.6 is 0 Å². The maximum atomic E-state index is 13.5. The van der Waals surface area contributed by atoms with Crippen molar-refractivity contribution in [2.75, 3.05) is 21.5 Å². The molecule has 0 bridgehead atoms. The molecule has 0 aromatic heterocycles. The summed E-state index contributed by atoms with van der Waals surface area (Å²) in [5.41, 5.74) is 2.01. The Labute approximate surface area is 216 Å². The molecule has 0 fully saturated rings. The van der Waals surface area contributed by atoms with E-state index in [1.54, 1.807) is 68.4 Å². The number of para-hydroxylation sites is 1. The number of rotatable bonds is 9. The van der Waals surface area contributed by atoms with Crippen LogP contribution in [0.4, 0.5) is 17.1 Å². The number of nitrogens with zero attached hydrogens (tertiary/aromatic N) is 1. The van der Waals surface area contributed by atoms with Gasteiger partial charge >= 0.3 is 5.97 Å². The summed E-state index contributed by atoms with van der Waals surface area (Å²) in [6.45, 7) is 6.38. The molecule has 194 valence electrons. The lowest BCUT2D eigenvalue weighted by Crippen LogP contribution is -2.32. The van der Waals surface area contributed by atoms with E-state index in [0.29, 0.717) is 22.6 Å². The van der Waals surface area contributed by atoms with Crippen molar-refractivity contribution >= 4 is 44.9 Å². The second kappa shape index (κ2) is 11.7. The molecule has 3 rings (SSSR count). The fourth-order valence-electron chi connectivity index (χ4n) is 3.58. The van der Waals surface area contributed by atoms with E-state index in [1.807, 2.05) is 0 Å². The Hall–Kier alpha value is -4.18. The molecule has 3 aromatic rings. The summed E-state index contributed by atoms with van der Waals surface area (Å²) >= 11 is 0. The highest BCUT2D eigenvalue weighted by molar-refractivity contribution is 7.92. The Balaban J connectivity index is 1.74. The summed E-state index contributed by atoms with van der Waals surface area (Å²) in [6.07, 6.45) is -1.15. The molecule has 10 heteroatoms. The smallest absolute Gasteiger partial charge is 0.338 e. The molecule has 0 aliphatic rings. The molecule has 0 radical (unpaired) electrons. The number of carbonyl (C=O) groups is 3. The van der Waals surface area contributed by atoms with Crippen LogP contribution in [-0.4, -0.2) is 38.9 Å². The highest BCUT2D eigenvalue weighted by Crippen LogP contribution is 2.26. The van der Waals surface area contributed by atoms with Crippen molar-refractivity contribution in [2.45, 2.75) is 38.7 Å². The highest BCUT2D eigenvalue weighted by atomic mass is 32.2. The van der Waals surface area contributed by atoms with E-state index in [0.717, 1.165) is 0 Å². The molecule has 3 aromatic carbocycles. The van der Waals surface area contributed by atoms with E-state index >= 15 is 0 Å². The van der Waals surface area contributed by atoms with Gasteiger partial charge in [0.05, 0.1) is 16.1 Å². The van der Waals surface area contributed by atoms with Gasteiger partial charge in [0.15, 0.2) is 6.10 Å². The predicted octanol–water partition coefficient (Wildman–Crippen LogP) is 4.35. The molecule has 0 saturated carbocycles. The predicted molar refractivity (Wildman–Crippen MR) is 142 cm³/mol. The van der Waals surface area contributed by atoms with Gasteiger partial charge in [-0.05, 0) is 74.9 Å². The maximum Gasteiger partial charge on any atom is 0.338 e. The highest BCUT2D eigenvalue weighted by Gasteiger charge is 2.27. The van der Waals surface area contributed by atoms with Gasteiger partial charge in [-0.15, -0.1) is 0 Å². The standard InChI is InChI=1S/C27H29N3O6S/c1-5-30(24-9-7-6-8-10-24)37(34,35)25-17-21(12-11-18(25)2)27(33)36-19(3)26(32)29-23-15-13-22(14-16-23)28-20(4)31/h6-17,19H,5H2,1-4H3,(H,28,31)(H,29,32). The van der Waals surface area contributed by atoms with Gasteiger partial charge < -0.3 is 15.4 Å². The first kappa shape index (κ1) is 27.4. The lowest BCUT2D eigenvalue weighted by atomic mass is 10.1. The van der Waals surface area contributed by atoms with Crippen molar-refractivity contribution in [3.8, 4) is 0 Å². The van der Waals surface area contributed by atoms with Gasteiger partial charge in [0.1, 0.15) is 0 Å². The number of esters is 1. The molecule has 0 heterocycles.